The minimum atomic E-state index is -1.12. The van der Waals surface area contributed by atoms with E-state index < -0.39 is 18.1 Å². The third-order valence-electron chi connectivity index (χ3n) is 5.61. The fraction of sp³-hybridized carbons (Fsp3) is 0.231. The molecule has 0 unspecified atom stereocenters. The number of ether oxygens (including phenoxy) is 2. The summed E-state index contributed by atoms with van der Waals surface area (Å²) in [6.45, 7) is 2.59. The third kappa shape index (κ3) is 4.59. The molecule has 4 rings (SSSR count). The molecule has 1 aliphatic carbocycles. The average Bonchev–Trinajstić information content (AvgIpc) is 3.12. The lowest BCUT2D eigenvalue weighted by Gasteiger charge is -2.17. The number of benzene rings is 3. The van der Waals surface area contributed by atoms with Crippen molar-refractivity contribution in [1.29, 1.82) is 0 Å². The number of carboxylic acids is 1. The third-order valence-corrected chi connectivity index (χ3v) is 5.61. The summed E-state index contributed by atoms with van der Waals surface area (Å²) in [7, 11) is 0. The Morgan fingerprint density at radius 3 is 2.09 bits per heavy atom. The van der Waals surface area contributed by atoms with Crippen molar-refractivity contribution in [2.75, 3.05) is 13.2 Å². The molecule has 2 N–H and O–H groups in total. The first-order valence-electron chi connectivity index (χ1n) is 10.6. The van der Waals surface area contributed by atoms with Crippen LogP contribution in [0.15, 0.2) is 72.8 Å². The molecule has 0 aromatic heterocycles. The van der Waals surface area contributed by atoms with Crippen LogP contribution in [0.4, 0.5) is 4.79 Å². The van der Waals surface area contributed by atoms with E-state index in [1.165, 1.54) is 0 Å². The van der Waals surface area contributed by atoms with E-state index in [9.17, 15) is 14.7 Å². The number of rotatable bonds is 8. The monoisotopic (exact) mass is 431 g/mol. The van der Waals surface area contributed by atoms with E-state index in [2.05, 4.69) is 17.4 Å². The summed E-state index contributed by atoms with van der Waals surface area (Å²) in [6, 6.07) is 22.2. The zero-order valence-electron chi connectivity index (χ0n) is 17.8. The molecule has 0 bridgehead atoms. The van der Waals surface area contributed by atoms with E-state index in [0.29, 0.717) is 12.4 Å². The highest BCUT2D eigenvalue weighted by molar-refractivity contribution is 5.81. The molecule has 32 heavy (non-hydrogen) atoms. The van der Waals surface area contributed by atoms with Crippen molar-refractivity contribution in [3.63, 3.8) is 0 Å². The van der Waals surface area contributed by atoms with Crippen LogP contribution in [0.5, 0.6) is 5.75 Å². The molecule has 1 amide bonds. The predicted molar refractivity (Wildman–Crippen MR) is 121 cm³/mol. The highest BCUT2D eigenvalue weighted by Gasteiger charge is 2.29. The molecule has 3 aromatic carbocycles. The molecule has 164 valence electrons. The zero-order valence-corrected chi connectivity index (χ0v) is 17.8. The van der Waals surface area contributed by atoms with Crippen molar-refractivity contribution < 1.29 is 24.2 Å². The van der Waals surface area contributed by atoms with Crippen LogP contribution in [0.2, 0.25) is 0 Å². The van der Waals surface area contributed by atoms with Crippen molar-refractivity contribution in [1.82, 2.24) is 5.32 Å². The molecule has 0 spiro atoms. The van der Waals surface area contributed by atoms with E-state index in [0.717, 1.165) is 27.8 Å². The van der Waals surface area contributed by atoms with Gasteiger partial charge in [-0.15, -0.1) is 0 Å². The maximum Gasteiger partial charge on any atom is 0.407 e. The molecule has 0 saturated heterocycles. The van der Waals surface area contributed by atoms with Gasteiger partial charge < -0.3 is 19.9 Å². The Bertz CT molecular complexity index is 1060. The second-order valence-corrected chi connectivity index (χ2v) is 7.64. The number of fused-ring (bicyclic) bond motifs is 3. The van der Waals surface area contributed by atoms with Gasteiger partial charge in [-0.1, -0.05) is 60.7 Å². The maximum atomic E-state index is 12.5. The summed E-state index contributed by atoms with van der Waals surface area (Å²) in [5.74, 6) is -0.484. The number of aliphatic carboxylic acids is 1. The molecule has 6 heteroatoms. The van der Waals surface area contributed by atoms with Gasteiger partial charge in [-0.2, -0.15) is 0 Å². The Hall–Kier alpha value is -3.80. The van der Waals surface area contributed by atoms with Gasteiger partial charge in [0.25, 0.3) is 0 Å². The Labute approximate surface area is 186 Å². The second-order valence-electron chi connectivity index (χ2n) is 7.64. The molecule has 6 nitrogen and oxygen atoms in total. The minimum absolute atomic E-state index is 0.0810. The van der Waals surface area contributed by atoms with E-state index in [1.54, 1.807) is 24.3 Å². The van der Waals surface area contributed by atoms with Gasteiger partial charge >= 0.3 is 12.1 Å². The highest BCUT2D eigenvalue weighted by atomic mass is 16.5. The Morgan fingerprint density at radius 1 is 0.938 bits per heavy atom. The van der Waals surface area contributed by atoms with E-state index in [4.69, 9.17) is 9.47 Å². The Kier molecular flexibility index (Phi) is 6.40. The first-order valence-corrected chi connectivity index (χ1v) is 10.6. The van der Waals surface area contributed by atoms with Crippen molar-refractivity contribution in [3.05, 3.63) is 89.5 Å². The van der Waals surface area contributed by atoms with Gasteiger partial charge in [0.05, 0.1) is 6.61 Å². The van der Waals surface area contributed by atoms with Crippen molar-refractivity contribution >= 4 is 12.1 Å². The van der Waals surface area contributed by atoms with E-state index in [1.807, 2.05) is 43.3 Å². The lowest BCUT2D eigenvalue weighted by Crippen LogP contribution is -2.42. The van der Waals surface area contributed by atoms with Crippen LogP contribution >= 0.6 is 0 Å². The largest absolute Gasteiger partial charge is 0.494 e. The summed E-state index contributed by atoms with van der Waals surface area (Å²) in [4.78, 5) is 24.2. The van der Waals surface area contributed by atoms with Gasteiger partial charge in [0.1, 0.15) is 18.4 Å². The molecule has 0 fully saturated rings. The lowest BCUT2D eigenvalue weighted by atomic mass is 9.98. The zero-order chi connectivity index (χ0) is 22.5. The van der Waals surface area contributed by atoms with Crippen LogP contribution in [0, 0.1) is 0 Å². The minimum Gasteiger partial charge on any atom is -0.494 e. The summed E-state index contributed by atoms with van der Waals surface area (Å²) in [5.41, 5.74) is 5.25. The van der Waals surface area contributed by atoms with E-state index >= 15 is 0 Å². The SMILES string of the molecule is CCOc1ccc(C[C@@H](NC(=O)OCC2c3ccccc3-c3ccccc32)C(=O)O)cc1. The van der Waals surface area contributed by atoms with Crippen LogP contribution in [0.25, 0.3) is 11.1 Å². The quantitative estimate of drug-likeness (QED) is 0.544. The Balaban J connectivity index is 1.40. The van der Waals surface area contributed by atoms with Gasteiger partial charge in [-0.05, 0) is 46.9 Å². The molecule has 0 heterocycles. The van der Waals surface area contributed by atoms with E-state index in [-0.39, 0.29) is 18.9 Å². The van der Waals surface area contributed by atoms with Crippen LogP contribution in [-0.4, -0.2) is 36.4 Å². The summed E-state index contributed by atoms with van der Waals surface area (Å²) in [6.07, 6.45) is -0.600. The fourth-order valence-electron chi connectivity index (χ4n) is 4.11. The first kappa shape index (κ1) is 21.4. The maximum absolute atomic E-state index is 12.5. The number of amides is 1. The molecule has 0 radical (unpaired) electrons. The summed E-state index contributed by atoms with van der Waals surface area (Å²) < 4.78 is 10.9. The van der Waals surface area contributed by atoms with Gasteiger partial charge in [-0.25, -0.2) is 9.59 Å². The molecule has 1 atom stereocenters. The lowest BCUT2D eigenvalue weighted by molar-refractivity contribution is -0.139. The first-order chi connectivity index (χ1) is 15.6. The van der Waals surface area contributed by atoms with Crippen LogP contribution < -0.4 is 10.1 Å². The van der Waals surface area contributed by atoms with Gasteiger partial charge in [0, 0.05) is 12.3 Å². The average molecular weight is 431 g/mol. The van der Waals surface area contributed by atoms with Crippen molar-refractivity contribution in [3.8, 4) is 16.9 Å². The number of alkyl carbamates (subject to hydrolysis) is 1. The fourth-order valence-corrected chi connectivity index (χ4v) is 4.11. The topological polar surface area (TPSA) is 84.9 Å². The number of carbonyl (C=O) groups is 2. The molecule has 1 aliphatic rings. The van der Waals surface area contributed by atoms with Crippen molar-refractivity contribution in [2.24, 2.45) is 0 Å². The number of hydrogen-bond donors (Lipinski definition) is 2. The number of carbonyl (C=O) groups excluding carboxylic acids is 1. The van der Waals surface area contributed by atoms with Gasteiger partial charge in [0.2, 0.25) is 0 Å². The summed E-state index contributed by atoms with van der Waals surface area (Å²) in [5, 5.41) is 12.1. The molecule has 3 aromatic rings. The molecule has 0 aliphatic heterocycles. The number of carboxylic acid groups (broad SMARTS) is 1. The smallest absolute Gasteiger partial charge is 0.407 e. The number of hydrogen-bond acceptors (Lipinski definition) is 4. The molecule has 0 saturated carbocycles. The molecular weight excluding hydrogens is 406 g/mol. The normalized spacial score (nSPS) is 13.0. The van der Waals surface area contributed by atoms with Gasteiger partial charge in [0.15, 0.2) is 0 Å². The number of nitrogens with one attached hydrogen (secondary N) is 1. The van der Waals surface area contributed by atoms with Crippen LogP contribution in [0.3, 0.4) is 0 Å². The standard InChI is InChI=1S/C26H25NO5/c1-2-31-18-13-11-17(12-14-18)15-24(25(28)29)27-26(30)32-16-23-21-9-5-3-7-19(21)20-8-4-6-10-22(20)23/h3-14,23-24H,2,15-16H2,1H3,(H,27,30)(H,28,29)/t24-/m1/s1. The van der Waals surface area contributed by atoms with Crippen molar-refractivity contribution in [2.45, 2.75) is 25.3 Å². The summed E-state index contributed by atoms with van der Waals surface area (Å²) >= 11 is 0. The molecular formula is C26H25NO5. The van der Waals surface area contributed by atoms with Gasteiger partial charge in [-0.3, -0.25) is 0 Å². The second kappa shape index (κ2) is 9.56. The van der Waals surface area contributed by atoms with Crippen LogP contribution in [0.1, 0.15) is 29.5 Å². The highest BCUT2D eigenvalue weighted by Crippen LogP contribution is 2.44. The predicted octanol–water partition coefficient (Wildman–Crippen LogP) is 4.62. The Morgan fingerprint density at radius 2 is 1.53 bits per heavy atom. The van der Waals surface area contributed by atoms with Crippen LogP contribution in [-0.2, 0) is 16.0 Å².